The summed E-state index contributed by atoms with van der Waals surface area (Å²) >= 11 is 0. The number of hydrogen-bond donors (Lipinski definition) is 1. The molecule has 5 nitrogen and oxygen atoms in total. The zero-order valence-corrected chi connectivity index (χ0v) is 25.7. The van der Waals surface area contributed by atoms with Gasteiger partial charge in [0.2, 0.25) is 0 Å². The zero-order valence-electron chi connectivity index (χ0n) is 25.7. The van der Waals surface area contributed by atoms with Gasteiger partial charge in [0.05, 0.1) is 11.3 Å². The summed E-state index contributed by atoms with van der Waals surface area (Å²) in [5.41, 5.74) is 6.06. The Kier molecular flexibility index (Phi) is 11.3. The third-order valence-electron chi connectivity index (χ3n) is 7.66. The number of esters is 1. The van der Waals surface area contributed by atoms with Gasteiger partial charge < -0.3 is 14.6 Å². The first kappa shape index (κ1) is 31.7. The van der Waals surface area contributed by atoms with Crippen molar-refractivity contribution in [2.24, 2.45) is 0 Å². The molecule has 1 fully saturated rings. The van der Waals surface area contributed by atoms with Gasteiger partial charge in [0, 0.05) is 37.2 Å². The average Bonchev–Trinajstić information content (AvgIpc) is 3.14. The van der Waals surface area contributed by atoms with E-state index in [4.69, 9.17) is 4.74 Å². The predicted octanol–water partition coefficient (Wildman–Crippen LogP) is 8.76. The predicted molar refractivity (Wildman–Crippen MR) is 172 cm³/mol. The topological polar surface area (TPSA) is 60.3 Å². The quantitative estimate of drug-likeness (QED) is 0.257. The lowest BCUT2D eigenvalue weighted by Crippen LogP contribution is -2.26. The fraction of sp³-hybridized carbons (Fsp3) is 0.351. The summed E-state index contributed by atoms with van der Waals surface area (Å²) in [6.45, 7) is 9.16. The Balaban J connectivity index is 0.00000207. The number of nitrogens with zero attached hydrogens (tertiary/aromatic N) is 1. The minimum absolute atomic E-state index is 0.0165. The fourth-order valence-electron chi connectivity index (χ4n) is 5.77. The van der Waals surface area contributed by atoms with E-state index in [9.17, 15) is 14.0 Å². The number of ether oxygens (including phenoxy) is 1. The Hall–Kier alpha value is -4.19. The smallest absolute Gasteiger partial charge is 0.306 e. The molecule has 0 radical (unpaired) electrons. The van der Waals surface area contributed by atoms with E-state index < -0.39 is 0 Å². The summed E-state index contributed by atoms with van der Waals surface area (Å²) in [7, 11) is 0. The van der Waals surface area contributed by atoms with Crippen molar-refractivity contribution < 1.29 is 18.7 Å². The molecule has 0 bridgehead atoms. The molecule has 2 aromatic carbocycles. The van der Waals surface area contributed by atoms with Gasteiger partial charge >= 0.3 is 5.97 Å². The number of amides is 1. The molecule has 3 aromatic rings. The molecule has 5 rings (SSSR count). The highest BCUT2D eigenvalue weighted by molar-refractivity contribution is 6.05. The van der Waals surface area contributed by atoms with Crippen molar-refractivity contribution >= 4 is 17.4 Å². The van der Waals surface area contributed by atoms with Crippen molar-refractivity contribution in [2.75, 3.05) is 0 Å². The van der Waals surface area contributed by atoms with E-state index in [1.165, 1.54) is 12.1 Å². The van der Waals surface area contributed by atoms with Gasteiger partial charge in [0.15, 0.2) is 0 Å². The van der Waals surface area contributed by atoms with Crippen LogP contribution in [0, 0.1) is 5.82 Å². The van der Waals surface area contributed by atoms with Crippen molar-refractivity contribution in [3.05, 3.63) is 113 Å². The molecule has 1 aliphatic heterocycles. The molecular weight excluding hydrogens is 539 g/mol. The highest BCUT2D eigenvalue weighted by Crippen LogP contribution is 2.41. The molecule has 226 valence electrons. The van der Waals surface area contributed by atoms with Crippen LogP contribution in [0.3, 0.4) is 0 Å². The van der Waals surface area contributed by atoms with Crippen LogP contribution in [0.4, 0.5) is 4.39 Å². The first-order valence-electron chi connectivity index (χ1n) is 15.5. The maximum Gasteiger partial charge on any atom is 0.306 e. The largest absolute Gasteiger partial charge is 0.462 e. The van der Waals surface area contributed by atoms with Crippen LogP contribution in [0.15, 0.2) is 85.0 Å². The molecule has 0 spiro atoms. The average molecular weight is 583 g/mol. The van der Waals surface area contributed by atoms with E-state index in [1.807, 2.05) is 62.4 Å². The number of benzene rings is 2. The lowest BCUT2D eigenvalue weighted by molar-refractivity contribution is -0.154. The Morgan fingerprint density at radius 1 is 1.07 bits per heavy atom. The van der Waals surface area contributed by atoms with Crippen molar-refractivity contribution in [2.45, 2.75) is 84.9 Å². The number of cyclic esters (lactones) is 1. The first-order chi connectivity index (χ1) is 20.9. The minimum Gasteiger partial charge on any atom is -0.462 e. The maximum absolute atomic E-state index is 14.2. The lowest BCUT2D eigenvalue weighted by Gasteiger charge is -2.24. The summed E-state index contributed by atoms with van der Waals surface area (Å²) in [4.78, 5) is 26.2. The van der Waals surface area contributed by atoms with E-state index in [-0.39, 0.29) is 29.7 Å². The fourth-order valence-corrected chi connectivity index (χ4v) is 5.77. The number of nitrogens with one attached hydrogen (secondary N) is 1. The second kappa shape index (κ2) is 15.3. The molecule has 1 N–H and O–H groups in total. The Morgan fingerprint density at radius 3 is 2.51 bits per heavy atom. The Bertz CT molecular complexity index is 1480. The van der Waals surface area contributed by atoms with Gasteiger partial charge in [-0.1, -0.05) is 88.4 Å². The van der Waals surface area contributed by atoms with Crippen LogP contribution < -0.4 is 5.32 Å². The molecule has 0 saturated carbocycles. The van der Waals surface area contributed by atoms with E-state index in [0.29, 0.717) is 31.5 Å². The van der Waals surface area contributed by atoms with Crippen LogP contribution in [-0.4, -0.2) is 22.5 Å². The molecule has 6 heteroatoms. The van der Waals surface area contributed by atoms with Crippen LogP contribution in [0.5, 0.6) is 0 Å². The summed E-state index contributed by atoms with van der Waals surface area (Å²) in [5, 5.41) is 3.17. The number of aromatic nitrogens is 1. The number of hydrogen-bond acceptors (Lipinski definition) is 3. The second-order valence-electron chi connectivity index (χ2n) is 10.9. The van der Waals surface area contributed by atoms with Crippen molar-refractivity contribution in [1.29, 1.82) is 0 Å². The van der Waals surface area contributed by atoms with Crippen LogP contribution in [0.2, 0.25) is 0 Å². The van der Waals surface area contributed by atoms with E-state index in [2.05, 4.69) is 35.9 Å². The lowest BCUT2D eigenvalue weighted by atomic mass is 9.93. The van der Waals surface area contributed by atoms with Gasteiger partial charge in [-0.25, -0.2) is 4.39 Å². The van der Waals surface area contributed by atoms with E-state index >= 15 is 0 Å². The summed E-state index contributed by atoms with van der Waals surface area (Å²) in [6, 6.07) is 16.3. The normalized spacial score (nSPS) is 16.2. The standard InChI is InChI=1S/C35H37FN2O3.C2H6/c1-24(2)33-32(35(40)37-23-25-11-6-5-7-12-25)31(26-13-8-3-4-9-14-26)34(27-17-19-28(36)20-18-27)38(33)22-21-29-15-10-16-30(39)41-29;1-2/h3-8,11-14,17-20,24,29H,9-10,15-16,21-23H2,1-2H3,(H,37,40);1-2H3/t29-;/m0./s1. The van der Waals surface area contributed by atoms with Crippen molar-refractivity contribution in [3.8, 4) is 11.3 Å². The van der Waals surface area contributed by atoms with E-state index in [0.717, 1.165) is 52.9 Å². The molecule has 0 unspecified atom stereocenters. The van der Waals surface area contributed by atoms with E-state index in [1.54, 1.807) is 12.1 Å². The van der Waals surface area contributed by atoms with Gasteiger partial charge in [-0.05, 0) is 66.1 Å². The van der Waals surface area contributed by atoms with Gasteiger partial charge in [-0.3, -0.25) is 9.59 Å². The first-order valence-corrected chi connectivity index (χ1v) is 15.5. The number of halogens is 1. The monoisotopic (exact) mass is 582 g/mol. The number of carbonyl (C=O) groups is 2. The van der Waals surface area contributed by atoms with Gasteiger partial charge in [0.25, 0.3) is 5.91 Å². The Morgan fingerprint density at radius 2 is 1.81 bits per heavy atom. The maximum atomic E-state index is 14.2. The van der Waals surface area contributed by atoms with Crippen molar-refractivity contribution in [1.82, 2.24) is 9.88 Å². The minimum atomic E-state index is -0.315. The zero-order chi connectivity index (χ0) is 30.8. The van der Waals surface area contributed by atoms with Crippen LogP contribution in [0.1, 0.15) is 92.9 Å². The summed E-state index contributed by atoms with van der Waals surface area (Å²) in [5.74, 6) is -0.599. The summed E-state index contributed by atoms with van der Waals surface area (Å²) in [6.07, 6.45) is 13.6. The molecule has 1 aromatic heterocycles. The van der Waals surface area contributed by atoms with Gasteiger partial charge in [0.1, 0.15) is 11.9 Å². The third kappa shape index (κ3) is 7.81. The van der Waals surface area contributed by atoms with Gasteiger partial charge in [-0.2, -0.15) is 0 Å². The number of carbonyl (C=O) groups excluding carboxylic acids is 2. The highest BCUT2D eigenvalue weighted by Gasteiger charge is 2.31. The molecule has 1 saturated heterocycles. The van der Waals surface area contributed by atoms with Crippen LogP contribution in [-0.2, 0) is 22.6 Å². The van der Waals surface area contributed by atoms with Crippen molar-refractivity contribution in [3.63, 3.8) is 0 Å². The highest BCUT2D eigenvalue weighted by atomic mass is 19.1. The molecule has 1 aliphatic carbocycles. The van der Waals surface area contributed by atoms with Crippen LogP contribution in [0.25, 0.3) is 16.8 Å². The molecule has 2 heterocycles. The second-order valence-corrected chi connectivity index (χ2v) is 10.9. The molecule has 43 heavy (non-hydrogen) atoms. The number of rotatable bonds is 9. The Labute approximate surface area is 255 Å². The molecule has 1 atom stereocenters. The third-order valence-corrected chi connectivity index (χ3v) is 7.66. The SMILES string of the molecule is CC.CC(C)c1c(C(=O)NCc2ccccc2)c(C2=CCC=CC=C2)c(-c2ccc(F)cc2)n1CC[C@@H]1CCCC(=O)O1. The number of allylic oxidation sites excluding steroid dienone is 6. The van der Waals surface area contributed by atoms with Crippen LogP contribution >= 0.6 is 0 Å². The molecule has 2 aliphatic rings. The van der Waals surface area contributed by atoms with Gasteiger partial charge in [-0.15, -0.1) is 0 Å². The summed E-state index contributed by atoms with van der Waals surface area (Å²) < 4.78 is 22.0. The molecule has 1 amide bonds. The molecular formula is C37H43FN2O3.